The number of carbonyl (C=O) groups excluding carboxylic acids is 2. The summed E-state index contributed by atoms with van der Waals surface area (Å²) >= 11 is 0. The molecule has 2 amide bonds. The second-order valence-corrected chi connectivity index (χ2v) is 5.73. The summed E-state index contributed by atoms with van der Waals surface area (Å²) < 4.78 is 0. The summed E-state index contributed by atoms with van der Waals surface area (Å²) in [5.41, 5.74) is 0.617. The lowest BCUT2D eigenvalue weighted by atomic mass is 10.0. The van der Waals surface area contributed by atoms with E-state index in [0.29, 0.717) is 24.9 Å². The number of benzene rings is 1. The van der Waals surface area contributed by atoms with Crippen molar-refractivity contribution in [3.63, 3.8) is 0 Å². The van der Waals surface area contributed by atoms with E-state index < -0.39 is 6.10 Å². The van der Waals surface area contributed by atoms with E-state index >= 15 is 0 Å². The molecule has 5 heteroatoms. The Kier molecular flexibility index (Phi) is 6.35. The highest BCUT2D eigenvalue weighted by Gasteiger charge is 2.31. The highest BCUT2D eigenvalue weighted by atomic mass is 16.3. The molecule has 1 fully saturated rings. The van der Waals surface area contributed by atoms with Gasteiger partial charge >= 0.3 is 0 Å². The Morgan fingerprint density at radius 2 is 2.04 bits per heavy atom. The number of nitrogens with one attached hydrogen (secondary N) is 1. The lowest BCUT2D eigenvalue weighted by molar-refractivity contribution is -0.122. The highest BCUT2D eigenvalue weighted by molar-refractivity contribution is 5.94. The van der Waals surface area contributed by atoms with E-state index in [-0.39, 0.29) is 24.4 Å². The number of aliphatic hydroxyl groups is 1. The van der Waals surface area contributed by atoms with E-state index in [1.54, 1.807) is 17.0 Å². The molecular formula is C18H24N2O3. The molecule has 0 spiro atoms. The molecule has 0 bridgehead atoms. The Hall–Kier alpha value is -2.14. The van der Waals surface area contributed by atoms with Crippen molar-refractivity contribution in [2.45, 2.75) is 38.3 Å². The number of amides is 2. The molecule has 23 heavy (non-hydrogen) atoms. The molecule has 0 saturated carbocycles. The molecule has 2 unspecified atom stereocenters. The van der Waals surface area contributed by atoms with Crippen LogP contribution in [0.5, 0.6) is 0 Å². The minimum Gasteiger partial charge on any atom is -0.389 e. The van der Waals surface area contributed by atoms with Crippen molar-refractivity contribution in [2.75, 3.05) is 13.1 Å². The van der Waals surface area contributed by atoms with Crippen molar-refractivity contribution in [3.05, 3.63) is 48.0 Å². The van der Waals surface area contributed by atoms with Gasteiger partial charge in [0.05, 0.1) is 12.1 Å². The van der Waals surface area contributed by atoms with Gasteiger partial charge < -0.3 is 15.3 Å². The molecule has 0 aromatic heterocycles. The lowest BCUT2D eigenvalue weighted by Gasteiger charge is -2.36. The number of allylic oxidation sites excluding steroid dienone is 1. The SMILES string of the molecule is CCC=CCC(=O)NC1CCN(C(=O)c2ccccc2)CC1O. The van der Waals surface area contributed by atoms with Gasteiger partial charge in [0.15, 0.2) is 0 Å². The zero-order valence-electron chi connectivity index (χ0n) is 13.4. The van der Waals surface area contributed by atoms with Gasteiger partial charge in [0, 0.05) is 25.1 Å². The van der Waals surface area contributed by atoms with E-state index in [4.69, 9.17) is 0 Å². The molecule has 1 heterocycles. The standard InChI is InChI=1S/C18H24N2O3/c1-2-3-5-10-17(22)19-15-11-12-20(13-16(15)21)18(23)14-8-6-4-7-9-14/h3-9,15-16,21H,2,10-13H2,1H3,(H,19,22). The Morgan fingerprint density at radius 3 is 2.70 bits per heavy atom. The summed E-state index contributed by atoms with van der Waals surface area (Å²) in [6.45, 7) is 2.78. The fourth-order valence-electron chi connectivity index (χ4n) is 2.67. The van der Waals surface area contributed by atoms with E-state index in [2.05, 4.69) is 5.32 Å². The molecule has 2 atom stereocenters. The smallest absolute Gasteiger partial charge is 0.253 e. The molecule has 0 aliphatic carbocycles. The molecule has 2 N–H and O–H groups in total. The number of hydrogen-bond donors (Lipinski definition) is 2. The Morgan fingerprint density at radius 1 is 1.30 bits per heavy atom. The zero-order valence-corrected chi connectivity index (χ0v) is 13.4. The third-order valence-corrected chi connectivity index (χ3v) is 3.94. The number of carbonyl (C=O) groups is 2. The van der Waals surface area contributed by atoms with Crippen LogP contribution in [-0.4, -0.2) is 47.1 Å². The van der Waals surface area contributed by atoms with E-state index in [9.17, 15) is 14.7 Å². The Bertz CT molecular complexity index is 557. The van der Waals surface area contributed by atoms with Crippen LogP contribution in [0, 0.1) is 0 Å². The predicted molar refractivity (Wildman–Crippen MR) is 88.9 cm³/mol. The van der Waals surface area contributed by atoms with Crippen LogP contribution in [0.25, 0.3) is 0 Å². The van der Waals surface area contributed by atoms with E-state index in [0.717, 1.165) is 6.42 Å². The van der Waals surface area contributed by atoms with Gasteiger partial charge in [0.1, 0.15) is 0 Å². The molecule has 1 aromatic rings. The second kappa shape index (κ2) is 8.48. The quantitative estimate of drug-likeness (QED) is 0.813. The summed E-state index contributed by atoms with van der Waals surface area (Å²) in [7, 11) is 0. The number of β-amino-alcohol motifs (C(OH)–C–C–N with tert-alkyl or cyclic N) is 1. The van der Waals surface area contributed by atoms with Gasteiger partial charge in [0.25, 0.3) is 5.91 Å². The van der Waals surface area contributed by atoms with Crippen LogP contribution < -0.4 is 5.32 Å². The molecule has 1 saturated heterocycles. The first-order valence-corrected chi connectivity index (χ1v) is 8.08. The molecular weight excluding hydrogens is 292 g/mol. The van der Waals surface area contributed by atoms with Gasteiger partial charge in [-0.05, 0) is 25.0 Å². The predicted octanol–water partition coefficient (Wildman–Crippen LogP) is 1.73. The summed E-state index contributed by atoms with van der Waals surface area (Å²) in [5, 5.41) is 13.1. The Balaban J connectivity index is 1.86. The van der Waals surface area contributed by atoms with Crippen molar-refractivity contribution >= 4 is 11.8 Å². The first-order valence-electron chi connectivity index (χ1n) is 8.08. The van der Waals surface area contributed by atoms with Crippen LogP contribution in [0.3, 0.4) is 0 Å². The number of aliphatic hydroxyl groups excluding tert-OH is 1. The first-order chi connectivity index (χ1) is 11.1. The van der Waals surface area contributed by atoms with E-state index in [1.165, 1.54) is 0 Å². The molecule has 1 aliphatic heterocycles. The lowest BCUT2D eigenvalue weighted by Crippen LogP contribution is -2.55. The van der Waals surface area contributed by atoms with Crippen molar-refractivity contribution in [1.29, 1.82) is 0 Å². The van der Waals surface area contributed by atoms with Crippen LogP contribution >= 0.6 is 0 Å². The fourth-order valence-corrected chi connectivity index (χ4v) is 2.67. The number of likely N-dealkylation sites (tertiary alicyclic amines) is 1. The largest absolute Gasteiger partial charge is 0.389 e. The van der Waals surface area contributed by atoms with Gasteiger partial charge in [-0.2, -0.15) is 0 Å². The minimum atomic E-state index is -0.740. The summed E-state index contributed by atoms with van der Waals surface area (Å²) in [5.74, 6) is -0.179. The zero-order chi connectivity index (χ0) is 16.7. The average molecular weight is 316 g/mol. The minimum absolute atomic E-state index is 0.0831. The van der Waals surface area contributed by atoms with Crippen LogP contribution in [0.2, 0.25) is 0 Å². The van der Waals surface area contributed by atoms with Crippen molar-refractivity contribution in [2.24, 2.45) is 0 Å². The van der Waals surface area contributed by atoms with Crippen LogP contribution in [0.1, 0.15) is 36.5 Å². The molecule has 2 rings (SSSR count). The maximum Gasteiger partial charge on any atom is 0.253 e. The van der Waals surface area contributed by atoms with Gasteiger partial charge in [-0.25, -0.2) is 0 Å². The highest BCUT2D eigenvalue weighted by Crippen LogP contribution is 2.15. The van der Waals surface area contributed by atoms with Crippen LogP contribution in [0.4, 0.5) is 0 Å². The topological polar surface area (TPSA) is 69.6 Å². The van der Waals surface area contributed by atoms with Gasteiger partial charge in [-0.15, -0.1) is 0 Å². The summed E-state index contributed by atoms with van der Waals surface area (Å²) in [6.07, 6.45) is 4.81. The number of nitrogens with zero attached hydrogens (tertiary/aromatic N) is 1. The normalized spacial score (nSPS) is 21.4. The molecule has 124 valence electrons. The van der Waals surface area contributed by atoms with Crippen molar-refractivity contribution in [3.8, 4) is 0 Å². The van der Waals surface area contributed by atoms with Gasteiger partial charge in [-0.3, -0.25) is 9.59 Å². The summed E-state index contributed by atoms with van der Waals surface area (Å²) in [6, 6.07) is 8.74. The third-order valence-electron chi connectivity index (χ3n) is 3.94. The Labute approximate surface area is 137 Å². The third kappa shape index (κ3) is 4.93. The maximum atomic E-state index is 12.4. The number of piperidine rings is 1. The second-order valence-electron chi connectivity index (χ2n) is 5.73. The first kappa shape index (κ1) is 17.2. The van der Waals surface area contributed by atoms with Crippen LogP contribution in [0.15, 0.2) is 42.5 Å². The molecule has 0 radical (unpaired) electrons. The fraction of sp³-hybridized carbons (Fsp3) is 0.444. The summed E-state index contributed by atoms with van der Waals surface area (Å²) in [4.78, 5) is 25.8. The monoisotopic (exact) mass is 316 g/mol. The van der Waals surface area contributed by atoms with E-state index in [1.807, 2.05) is 37.3 Å². The van der Waals surface area contributed by atoms with Crippen molar-refractivity contribution < 1.29 is 14.7 Å². The number of hydrogen-bond acceptors (Lipinski definition) is 3. The van der Waals surface area contributed by atoms with Gasteiger partial charge in [0.2, 0.25) is 5.91 Å². The maximum absolute atomic E-state index is 12.4. The van der Waals surface area contributed by atoms with Crippen molar-refractivity contribution in [1.82, 2.24) is 10.2 Å². The van der Waals surface area contributed by atoms with Crippen LogP contribution in [-0.2, 0) is 4.79 Å². The average Bonchev–Trinajstić information content (AvgIpc) is 2.57. The molecule has 1 aliphatic rings. The number of rotatable bonds is 5. The van der Waals surface area contributed by atoms with Gasteiger partial charge in [-0.1, -0.05) is 37.3 Å². The molecule has 1 aromatic carbocycles. The molecule has 5 nitrogen and oxygen atoms in total.